The third kappa shape index (κ3) is 3.49. The van der Waals surface area contributed by atoms with Crippen LogP contribution in [0.1, 0.15) is 35.2 Å². The molecule has 1 aliphatic heterocycles. The molecule has 0 amide bonds. The van der Waals surface area contributed by atoms with Crippen molar-refractivity contribution in [1.82, 2.24) is 14.1 Å². The van der Waals surface area contributed by atoms with E-state index < -0.39 is 23.2 Å². The zero-order chi connectivity index (χ0) is 26.0. The Kier molecular flexibility index (Phi) is 5.11. The number of aromatic nitrogens is 3. The smallest absolute Gasteiger partial charge is 0.372 e. The number of rotatable bonds is 3. The fourth-order valence-electron chi connectivity index (χ4n) is 5.31. The zero-order valence-corrected chi connectivity index (χ0v) is 20.5. The molecule has 3 aromatic carbocycles. The fraction of sp³-hybridized carbons (Fsp3) is 0.214. The third-order valence-electron chi connectivity index (χ3n) is 7.12. The van der Waals surface area contributed by atoms with Crippen LogP contribution in [0.2, 0.25) is 0 Å². The highest BCUT2D eigenvalue weighted by Crippen LogP contribution is 2.31. The van der Waals surface area contributed by atoms with Crippen molar-refractivity contribution in [2.75, 3.05) is 4.90 Å². The zero-order valence-electron chi connectivity index (χ0n) is 20.5. The number of para-hydroxylation sites is 1. The number of anilines is 1. The van der Waals surface area contributed by atoms with Crippen LogP contribution in [0.4, 0.5) is 10.3 Å². The van der Waals surface area contributed by atoms with Gasteiger partial charge in [0, 0.05) is 25.7 Å². The van der Waals surface area contributed by atoms with Crippen LogP contribution in [-0.2, 0) is 20.1 Å². The van der Waals surface area contributed by atoms with E-state index in [1.807, 2.05) is 30.0 Å². The lowest BCUT2D eigenvalue weighted by molar-refractivity contribution is 0.403. The summed E-state index contributed by atoms with van der Waals surface area (Å²) in [5.41, 5.74) is 2.80. The maximum absolute atomic E-state index is 15.0. The summed E-state index contributed by atoms with van der Waals surface area (Å²) in [5.74, 6) is -1.21. The minimum Gasteiger partial charge on any atom is -0.372 e. The summed E-state index contributed by atoms with van der Waals surface area (Å²) >= 11 is 0. The van der Waals surface area contributed by atoms with Gasteiger partial charge in [-0.25, -0.2) is 19.0 Å². The standard InChI is InChI=1S/C28H23FN4O4/c1-15-11-20(16(2)33-24-19(9-6-10-22(24)29)26(35)37-28(33)36)23-21(12-15)25(34)31(3)27(30-23)32-13-17-7-4-5-8-18(17)14-32/h4-12,16H,13-14H2,1-3H3. The lowest BCUT2D eigenvalue weighted by Crippen LogP contribution is -2.30. The number of fused-ring (bicyclic) bond motifs is 3. The van der Waals surface area contributed by atoms with E-state index in [1.165, 1.54) is 33.9 Å². The van der Waals surface area contributed by atoms with Gasteiger partial charge >= 0.3 is 11.4 Å². The van der Waals surface area contributed by atoms with Crippen LogP contribution >= 0.6 is 0 Å². The van der Waals surface area contributed by atoms with Crippen LogP contribution in [0.3, 0.4) is 0 Å². The molecule has 0 aliphatic carbocycles. The quantitative estimate of drug-likeness (QED) is 0.376. The lowest BCUT2D eigenvalue weighted by atomic mass is 10.0. The Hall–Kier alpha value is -4.53. The first-order valence-electron chi connectivity index (χ1n) is 11.9. The third-order valence-corrected chi connectivity index (χ3v) is 7.12. The molecular formula is C28H23FN4O4. The van der Waals surface area contributed by atoms with E-state index in [2.05, 4.69) is 12.1 Å². The van der Waals surface area contributed by atoms with Gasteiger partial charge in [0.15, 0.2) is 0 Å². The first-order valence-corrected chi connectivity index (χ1v) is 11.9. The van der Waals surface area contributed by atoms with E-state index in [0.717, 1.165) is 10.1 Å². The van der Waals surface area contributed by atoms with Crippen LogP contribution in [0, 0.1) is 12.7 Å². The summed E-state index contributed by atoms with van der Waals surface area (Å²) in [6, 6.07) is 14.9. The van der Waals surface area contributed by atoms with E-state index >= 15 is 0 Å². The maximum Gasteiger partial charge on any atom is 0.422 e. The monoisotopic (exact) mass is 498 g/mol. The Bertz CT molecular complexity index is 1900. The second-order valence-electron chi connectivity index (χ2n) is 9.49. The number of halogens is 1. The first-order chi connectivity index (χ1) is 17.7. The van der Waals surface area contributed by atoms with Crippen molar-refractivity contribution in [3.05, 3.63) is 114 Å². The molecule has 9 heteroatoms. The van der Waals surface area contributed by atoms with Crippen molar-refractivity contribution in [3.8, 4) is 0 Å². The topological polar surface area (TPSA) is 90.3 Å². The van der Waals surface area contributed by atoms with Crippen molar-refractivity contribution < 1.29 is 8.81 Å². The largest absolute Gasteiger partial charge is 0.422 e. The molecule has 186 valence electrons. The van der Waals surface area contributed by atoms with Gasteiger partial charge in [-0.05, 0) is 48.7 Å². The molecule has 0 saturated carbocycles. The van der Waals surface area contributed by atoms with E-state index in [0.29, 0.717) is 35.5 Å². The van der Waals surface area contributed by atoms with Crippen LogP contribution in [0.15, 0.2) is 73.4 Å². The molecule has 0 N–H and O–H groups in total. The van der Waals surface area contributed by atoms with Gasteiger partial charge in [-0.15, -0.1) is 0 Å². The van der Waals surface area contributed by atoms with E-state index in [1.54, 1.807) is 20.0 Å². The molecular weight excluding hydrogens is 475 g/mol. The number of nitrogens with zero attached hydrogens (tertiary/aromatic N) is 4. The minimum atomic E-state index is -0.983. The van der Waals surface area contributed by atoms with Gasteiger partial charge in [0.05, 0.1) is 27.8 Å². The number of benzene rings is 3. The van der Waals surface area contributed by atoms with Crippen molar-refractivity contribution in [2.45, 2.75) is 33.0 Å². The average Bonchev–Trinajstić information content (AvgIpc) is 3.30. The molecule has 0 saturated heterocycles. The molecule has 5 aromatic rings. The molecule has 8 nitrogen and oxygen atoms in total. The Labute approximate surface area is 209 Å². The molecule has 6 rings (SSSR count). The van der Waals surface area contributed by atoms with Gasteiger partial charge in [-0.1, -0.05) is 36.4 Å². The average molecular weight is 499 g/mol. The molecule has 37 heavy (non-hydrogen) atoms. The maximum atomic E-state index is 15.0. The first kappa shape index (κ1) is 22.9. The normalized spacial score (nSPS) is 13.9. The van der Waals surface area contributed by atoms with E-state index in [-0.39, 0.29) is 16.5 Å². The van der Waals surface area contributed by atoms with Crippen molar-refractivity contribution in [1.29, 1.82) is 0 Å². The number of aryl methyl sites for hydroxylation is 1. The fourth-order valence-corrected chi connectivity index (χ4v) is 5.31. The van der Waals surface area contributed by atoms with Gasteiger partial charge in [0.25, 0.3) is 5.56 Å². The highest BCUT2D eigenvalue weighted by Gasteiger charge is 2.26. The van der Waals surface area contributed by atoms with Gasteiger partial charge in [-0.2, -0.15) is 0 Å². The second-order valence-corrected chi connectivity index (χ2v) is 9.49. The van der Waals surface area contributed by atoms with Crippen molar-refractivity contribution in [2.24, 2.45) is 7.05 Å². The highest BCUT2D eigenvalue weighted by molar-refractivity contribution is 5.84. The predicted octanol–water partition coefficient (Wildman–Crippen LogP) is 3.78. The molecule has 1 atom stereocenters. The highest BCUT2D eigenvalue weighted by atomic mass is 19.1. The molecule has 3 heterocycles. The molecule has 2 aromatic heterocycles. The van der Waals surface area contributed by atoms with Gasteiger partial charge in [0.1, 0.15) is 5.82 Å². The Balaban J connectivity index is 1.60. The molecule has 0 bridgehead atoms. The minimum absolute atomic E-state index is 0.0391. The van der Waals surface area contributed by atoms with Gasteiger partial charge in [-0.3, -0.25) is 13.9 Å². The summed E-state index contributed by atoms with van der Waals surface area (Å²) in [4.78, 5) is 45.7. The van der Waals surface area contributed by atoms with Gasteiger partial charge in [0.2, 0.25) is 5.95 Å². The number of hydrogen-bond donors (Lipinski definition) is 0. The van der Waals surface area contributed by atoms with Crippen LogP contribution in [-0.4, -0.2) is 14.1 Å². The molecule has 1 unspecified atom stereocenters. The van der Waals surface area contributed by atoms with Gasteiger partial charge < -0.3 is 9.32 Å². The molecule has 0 fully saturated rings. The summed E-state index contributed by atoms with van der Waals surface area (Å²) < 4.78 is 22.6. The Morgan fingerprint density at radius 1 is 0.973 bits per heavy atom. The number of hydrogen-bond acceptors (Lipinski definition) is 6. The summed E-state index contributed by atoms with van der Waals surface area (Å²) in [6.45, 7) is 4.76. The Morgan fingerprint density at radius 2 is 1.68 bits per heavy atom. The van der Waals surface area contributed by atoms with Crippen LogP contribution in [0.5, 0.6) is 0 Å². The Morgan fingerprint density at radius 3 is 2.38 bits per heavy atom. The molecule has 0 radical (unpaired) electrons. The van der Waals surface area contributed by atoms with Crippen molar-refractivity contribution in [3.63, 3.8) is 0 Å². The summed E-state index contributed by atoms with van der Waals surface area (Å²) in [6.07, 6.45) is 0. The van der Waals surface area contributed by atoms with Crippen molar-refractivity contribution >= 4 is 27.8 Å². The second kappa shape index (κ2) is 8.26. The molecule has 0 spiro atoms. The van der Waals surface area contributed by atoms with Crippen LogP contribution < -0.4 is 21.8 Å². The predicted molar refractivity (Wildman–Crippen MR) is 139 cm³/mol. The summed E-state index contributed by atoms with van der Waals surface area (Å²) in [5, 5.41) is 0.350. The SMILES string of the molecule is Cc1cc(C(C)n2c(=O)oc(=O)c3cccc(F)c32)c2nc(N3Cc4ccccc4C3)n(C)c(=O)c2c1. The van der Waals surface area contributed by atoms with E-state index in [9.17, 15) is 18.8 Å². The summed E-state index contributed by atoms with van der Waals surface area (Å²) in [7, 11) is 1.69. The molecule has 1 aliphatic rings. The van der Waals surface area contributed by atoms with Crippen LogP contribution in [0.25, 0.3) is 21.8 Å². The lowest BCUT2D eigenvalue weighted by Gasteiger charge is -2.23. The van der Waals surface area contributed by atoms with E-state index in [4.69, 9.17) is 9.40 Å².